The molecule has 5 heteroatoms. The predicted octanol–water partition coefficient (Wildman–Crippen LogP) is 4.70. The summed E-state index contributed by atoms with van der Waals surface area (Å²) in [7, 11) is 0. The fraction of sp³-hybridized carbons (Fsp3) is 0.517. The number of benzene rings is 2. The Morgan fingerprint density at radius 2 is 1.82 bits per heavy atom. The van der Waals surface area contributed by atoms with Crippen molar-refractivity contribution in [3.8, 4) is 0 Å². The second-order valence-corrected chi connectivity index (χ2v) is 10.6. The molecule has 2 heterocycles. The Morgan fingerprint density at radius 1 is 1.09 bits per heavy atom. The third-order valence-electron chi connectivity index (χ3n) is 7.39. The van der Waals surface area contributed by atoms with Gasteiger partial charge in [0.15, 0.2) is 0 Å². The van der Waals surface area contributed by atoms with E-state index in [0.717, 1.165) is 43.6 Å². The second-order valence-electron chi connectivity index (χ2n) is 10.6. The number of amides is 2. The minimum Gasteiger partial charge on any atom is -0.354 e. The lowest BCUT2D eigenvalue weighted by Gasteiger charge is -2.33. The van der Waals surface area contributed by atoms with E-state index in [0.29, 0.717) is 31.3 Å². The Balaban J connectivity index is 1.30. The van der Waals surface area contributed by atoms with Crippen molar-refractivity contribution >= 4 is 11.8 Å². The zero-order valence-electron chi connectivity index (χ0n) is 21.1. The number of nitrogens with one attached hydrogen (secondary N) is 1. The molecular weight excluding hydrogens is 422 g/mol. The third-order valence-corrected chi connectivity index (χ3v) is 7.39. The molecule has 0 aromatic heterocycles. The number of hydrogen-bond acceptors (Lipinski definition) is 3. The van der Waals surface area contributed by atoms with Crippen LogP contribution in [0.3, 0.4) is 0 Å². The molecule has 1 N–H and O–H groups in total. The van der Waals surface area contributed by atoms with Gasteiger partial charge in [-0.05, 0) is 80.8 Å². The maximum absolute atomic E-state index is 13.3. The topological polar surface area (TPSA) is 52.7 Å². The molecule has 5 nitrogen and oxygen atoms in total. The molecule has 182 valence electrons. The van der Waals surface area contributed by atoms with Crippen molar-refractivity contribution in [2.24, 2.45) is 11.8 Å². The molecule has 1 fully saturated rings. The first-order valence-electron chi connectivity index (χ1n) is 12.8. The second kappa shape index (κ2) is 10.7. The van der Waals surface area contributed by atoms with E-state index >= 15 is 0 Å². The molecule has 0 bridgehead atoms. The van der Waals surface area contributed by atoms with Gasteiger partial charge in [0.1, 0.15) is 6.04 Å². The number of carbonyl (C=O) groups is 2. The van der Waals surface area contributed by atoms with E-state index in [1.165, 1.54) is 16.7 Å². The standard InChI is InChI=1S/C29H39N3O2/c1-20(2)15-27(32-19-24-7-5-6-8-26(24)29(32)34)28(33)30-17-23-11-13-31(14-12-23)18-25-16-21(3)9-10-22(25)4/h5-10,16,20,23,27H,11-15,17-19H2,1-4H3,(H,30,33)/t27-/m1/s1. The smallest absolute Gasteiger partial charge is 0.255 e. The van der Waals surface area contributed by atoms with E-state index in [-0.39, 0.29) is 11.8 Å². The summed E-state index contributed by atoms with van der Waals surface area (Å²) < 4.78 is 0. The fourth-order valence-electron chi connectivity index (χ4n) is 5.27. The fourth-order valence-corrected chi connectivity index (χ4v) is 5.27. The molecule has 2 aromatic rings. The van der Waals surface area contributed by atoms with Crippen LogP contribution in [0.4, 0.5) is 0 Å². The lowest BCUT2D eigenvalue weighted by atomic mass is 9.95. The number of nitrogens with zero attached hydrogens (tertiary/aromatic N) is 2. The van der Waals surface area contributed by atoms with Crippen LogP contribution in [0.25, 0.3) is 0 Å². The summed E-state index contributed by atoms with van der Waals surface area (Å²) in [4.78, 5) is 30.6. The Morgan fingerprint density at radius 3 is 2.53 bits per heavy atom. The van der Waals surface area contributed by atoms with Crippen LogP contribution in [-0.2, 0) is 17.9 Å². The van der Waals surface area contributed by atoms with E-state index in [9.17, 15) is 9.59 Å². The molecule has 0 saturated carbocycles. The monoisotopic (exact) mass is 461 g/mol. The Bertz CT molecular complexity index is 1020. The van der Waals surface area contributed by atoms with Gasteiger partial charge < -0.3 is 10.2 Å². The zero-order chi connectivity index (χ0) is 24.2. The highest BCUT2D eigenvalue weighted by Crippen LogP contribution is 2.27. The first-order chi connectivity index (χ1) is 16.3. The quantitative estimate of drug-likeness (QED) is 0.620. The van der Waals surface area contributed by atoms with Gasteiger partial charge in [0, 0.05) is 25.2 Å². The van der Waals surface area contributed by atoms with Gasteiger partial charge in [-0.1, -0.05) is 55.8 Å². The van der Waals surface area contributed by atoms with Gasteiger partial charge >= 0.3 is 0 Å². The molecule has 2 amide bonds. The summed E-state index contributed by atoms with van der Waals surface area (Å²) in [6, 6.07) is 14.0. The van der Waals surface area contributed by atoms with Crippen molar-refractivity contribution in [3.05, 3.63) is 70.3 Å². The van der Waals surface area contributed by atoms with Crippen LogP contribution in [0.5, 0.6) is 0 Å². The highest BCUT2D eigenvalue weighted by Gasteiger charge is 2.36. The number of aryl methyl sites for hydroxylation is 2. The summed E-state index contributed by atoms with van der Waals surface area (Å²) >= 11 is 0. The van der Waals surface area contributed by atoms with Gasteiger partial charge in [-0.2, -0.15) is 0 Å². The molecule has 0 spiro atoms. The maximum atomic E-state index is 13.3. The molecule has 34 heavy (non-hydrogen) atoms. The maximum Gasteiger partial charge on any atom is 0.255 e. The van der Waals surface area contributed by atoms with E-state index in [2.05, 4.69) is 56.1 Å². The minimum atomic E-state index is -0.413. The van der Waals surface area contributed by atoms with Crippen molar-refractivity contribution in [1.29, 1.82) is 0 Å². The average Bonchev–Trinajstić information content (AvgIpc) is 3.15. The first-order valence-corrected chi connectivity index (χ1v) is 12.8. The molecule has 4 rings (SSSR count). The molecule has 0 radical (unpaired) electrons. The van der Waals surface area contributed by atoms with Gasteiger partial charge in [-0.3, -0.25) is 14.5 Å². The number of hydrogen-bond donors (Lipinski definition) is 1. The highest BCUT2D eigenvalue weighted by molar-refractivity contribution is 6.01. The van der Waals surface area contributed by atoms with Crippen LogP contribution < -0.4 is 5.32 Å². The number of piperidine rings is 1. The summed E-state index contributed by atoms with van der Waals surface area (Å²) in [5.74, 6) is 0.800. The molecule has 0 unspecified atom stereocenters. The number of carbonyl (C=O) groups excluding carboxylic acids is 2. The number of likely N-dealkylation sites (tertiary alicyclic amines) is 1. The number of rotatable bonds is 8. The largest absolute Gasteiger partial charge is 0.354 e. The van der Waals surface area contributed by atoms with Crippen molar-refractivity contribution < 1.29 is 9.59 Å². The van der Waals surface area contributed by atoms with Crippen molar-refractivity contribution in [2.45, 2.75) is 66.1 Å². The molecule has 1 atom stereocenters. The van der Waals surface area contributed by atoms with Crippen LogP contribution in [0.15, 0.2) is 42.5 Å². The Labute approximate surface area is 204 Å². The van der Waals surface area contributed by atoms with Gasteiger partial charge in [0.25, 0.3) is 5.91 Å². The van der Waals surface area contributed by atoms with Crippen LogP contribution in [0.1, 0.15) is 65.7 Å². The summed E-state index contributed by atoms with van der Waals surface area (Å²) in [5, 5.41) is 3.21. The lowest BCUT2D eigenvalue weighted by Crippen LogP contribution is -2.49. The van der Waals surface area contributed by atoms with Gasteiger partial charge in [0.05, 0.1) is 0 Å². The summed E-state index contributed by atoms with van der Waals surface area (Å²) in [6.07, 6.45) is 2.86. The van der Waals surface area contributed by atoms with Crippen LogP contribution >= 0.6 is 0 Å². The lowest BCUT2D eigenvalue weighted by molar-refractivity contribution is -0.126. The van der Waals surface area contributed by atoms with E-state index in [1.54, 1.807) is 4.90 Å². The van der Waals surface area contributed by atoms with Gasteiger partial charge in [-0.25, -0.2) is 0 Å². The molecular formula is C29H39N3O2. The normalized spacial score (nSPS) is 17.8. The van der Waals surface area contributed by atoms with Crippen LogP contribution in [0, 0.1) is 25.7 Å². The summed E-state index contributed by atoms with van der Waals surface area (Å²) in [6.45, 7) is 12.9. The molecule has 1 saturated heterocycles. The van der Waals surface area contributed by atoms with E-state index < -0.39 is 6.04 Å². The third kappa shape index (κ3) is 5.69. The number of fused-ring (bicyclic) bond motifs is 1. The zero-order valence-corrected chi connectivity index (χ0v) is 21.1. The van der Waals surface area contributed by atoms with Crippen LogP contribution in [-0.4, -0.2) is 47.3 Å². The Hall–Kier alpha value is -2.66. The minimum absolute atomic E-state index is 0.00679. The molecule has 2 aromatic carbocycles. The first kappa shape index (κ1) is 24.5. The van der Waals surface area contributed by atoms with Gasteiger partial charge in [0.2, 0.25) is 5.91 Å². The SMILES string of the molecule is Cc1ccc(C)c(CN2CCC(CNC(=O)[C@@H](CC(C)C)N3Cc4ccccc4C3=O)CC2)c1. The molecule has 2 aliphatic rings. The van der Waals surface area contributed by atoms with Crippen molar-refractivity contribution in [3.63, 3.8) is 0 Å². The van der Waals surface area contributed by atoms with E-state index in [1.807, 2.05) is 24.3 Å². The molecule has 0 aliphatic carbocycles. The molecule has 2 aliphatic heterocycles. The average molecular weight is 462 g/mol. The predicted molar refractivity (Wildman–Crippen MR) is 136 cm³/mol. The van der Waals surface area contributed by atoms with E-state index in [4.69, 9.17) is 0 Å². The van der Waals surface area contributed by atoms with Gasteiger partial charge in [-0.15, -0.1) is 0 Å². The van der Waals surface area contributed by atoms with Crippen LogP contribution in [0.2, 0.25) is 0 Å². The van der Waals surface area contributed by atoms with Crippen molar-refractivity contribution in [2.75, 3.05) is 19.6 Å². The Kier molecular flexibility index (Phi) is 7.72. The summed E-state index contributed by atoms with van der Waals surface area (Å²) in [5.41, 5.74) is 5.84. The van der Waals surface area contributed by atoms with Crippen molar-refractivity contribution in [1.82, 2.24) is 15.1 Å². The highest BCUT2D eigenvalue weighted by atomic mass is 16.2.